The molecule has 3 aromatic rings. The molecule has 0 radical (unpaired) electrons. The van der Waals surface area contributed by atoms with Crippen LogP contribution in [0.3, 0.4) is 0 Å². The van der Waals surface area contributed by atoms with Crippen LogP contribution < -0.4 is 10.5 Å². The number of halogens is 3. The molecule has 0 amide bonds. The fraction of sp³-hybridized carbons (Fsp3) is 0.520. The predicted octanol–water partition coefficient (Wildman–Crippen LogP) is 4.96. The molecule has 2 atom stereocenters. The summed E-state index contributed by atoms with van der Waals surface area (Å²) in [5, 5.41) is 0.371. The SMILES string of the molecule is C[C@@H](CC(=O)[C@H]1CCCN1c1nc2c(=O)n(C3CCOCC3)c(C(F)(F)F)nc2s1)c1ccccc1. The van der Waals surface area contributed by atoms with E-state index in [2.05, 4.69) is 9.97 Å². The quantitative estimate of drug-likeness (QED) is 0.458. The molecule has 36 heavy (non-hydrogen) atoms. The number of carbonyl (C=O) groups excluding carboxylic acids is 1. The molecule has 7 nitrogen and oxygen atoms in total. The number of ether oxygens (including phenoxy) is 1. The number of nitrogens with zero attached hydrogens (tertiary/aromatic N) is 4. The largest absolute Gasteiger partial charge is 0.449 e. The fourth-order valence-corrected chi connectivity index (χ4v) is 6.16. The average Bonchev–Trinajstić information content (AvgIpc) is 3.52. The maximum atomic E-state index is 13.9. The number of rotatable bonds is 6. The first kappa shape index (κ1) is 24.9. The number of aromatic nitrogens is 3. The van der Waals surface area contributed by atoms with Crippen molar-refractivity contribution in [3.05, 3.63) is 52.1 Å². The second-order valence-electron chi connectivity index (χ2n) is 9.44. The molecule has 1 aromatic carbocycles. The molecule has 2 aliphatic rings. The third-order valence-electron chi connectivity index (χ3n) is 7.01. The van der Waals surface area contributed by atoms with Crippen LogP contribution in [0, 0.1) is 0 Å². The van der Waals surface area contributed by atoms with E-state index in [9.17, 15) is 22.8 Å². The Kier molecular flexibility index (Phi) is 6.86. The number of alkyl halides is 3. The lowest BCUT2D eigenvalue weighted by molar-refractivity contribution is -0.149. The van der Waals surface area contributed by atoms with Crippen LogP contribution in [0.4, 0.5) is 18.3 Å². The van der Waals surface area contributed by atoms with Gasteiger partial charge < -0.3 is 9.64 Å². The van der Waals surface area contributed by atoms with E-state index in [1.807, 2.05) is 42.2 Å². The second kappa shape index (κ2) is 9.93. The highest BCUT2D eigenvalue weighted by Crippen LogP contribution is 2.36. The van der Waals surface area contributed by atoms with Gasteiger partial charge in [-0.25, -0.2) is 9.97 Å². The van der Waals surface area contributed by atoms with Crippen LogP contribution in [-0.2, 0) is 15.7 Å². The van der Waals surface area contributed by atoms with Crippen LogP contribution in [0.5, 0.6) is 0 Å². The normalized spacial score (nSPS) is 20.2. The number of ketones is 1. The molecule has 2 saturated heterocycles. The number of benzene rings is 1. The molecule has 0 saturated carbocycles. The highest BCUT2D eigenvalue weighted by molar-refractivity contribution is 7.21. The Labute approximate surface area is 209 Å². The number of Topliss-reactive ketones (excluding diaryl/α,β-unsaturated/α-hetero) is 1. The Balaban J connectivity index is 1.47. The summed E-state index contributed by atoms with van der Waals surface area (Å²) in [4.78, 5) is 36.6. The second-order valence-corrected chi connectivity index (χ2v) is 10.4. The average molecular weight is 521 g/mol. The van der Waals surface area contributed by atoms with Crippen LogP contribution in [0.1, 0.15) is 62.4 Å². The third-order valence-corrected chi connectivity index (χ3v) is 8.00. The topological polar surface area (TPSA) is 77.3 Å². The van der Waals surface area contributed by atoms with Crippen LogP contribution in [0.25, 0.3) is 10.3 Å². The standard InChI is InChI=1S/C25H27F3N4O3S/c1-15(16-6-3-2-4-7-16)14-19(33)18-8-5-11-31(18)24-29-20-21(36-24)30-23(25(26,27)28)32(22(20)34)17-9-12-35-13-10-17/h2-4,6-7,15,17-18H,5,8-14H2,1H3/t15-,18+/m0/s1. The molecule has 2 fully saturated rings. The maximum absolute atomic E-state index is 13.9. The zero-order valence-corrected chi connectivity index (χ0v) is 20.6. The van der Waals surface area contributed by atoms with E-state index < -0.39 is 29.6 Å². The van der Waals surface area contributed by atoms with Gasteiger partial charge in [-0.05, 0) is 37.2 Å². The minimum atomic E-state index is -4.78. The van der Waals surface area contributed by atoms with Crippen molar-refractivity contribution in [3.63, 3.8) is 0 Å². The molecule has 0 N–H and O–H groups in total. The number of hydrogen-bond donors (Lipinski definition) is 0. The summed E-state index contributed by atoms with van der Waals surface area (Å²) in [6, 6.07) is 8.72. The van der Waals surface area contributed by atoms with Crippen molar-refractivity contribution in [2.75, 3.05) is 24.7 Å². The van der Waals surface area contributed by atoms with E-state index in [0.717, 1.165) is 27.9 Å². The number of thiazole rings is 1. The first-order valence-electron chi connectivity index (χ1n) is 12.2. The first-order valence-corrected chi connectivity index (χ1v) is 13.0. The van der Waals surface area contributed by atoms with E-state index in [1.54, 1.807) is 0 Å². The van der Waals surface area contributed by atoms with Crippen molar-refractivity contribution in [2.45, 2.75) is 63.2 Å². The molecular weight excluding hydrogens is 493 g/mol. The van der Waals surface area contributed by atoms with Crippen LogP contribution in [-0.4, -0.2) is 46.1 Å². The third kappa shape index (κ3) is 4.78. The minimum absolute atomic E-state index is 0.0409. The molecule has 0 unspecified atom stereocenters. The van der Waals surface area contributed by atoms with Crippen molar-refractivity contribution in [1.82, 2.24) is 14.5 Å². The Bertz CT molecular complexity index is 1300. The van der Waals surface area contributed by atoms with Gasteiger partial charge in [0.15, 0.2) is 21.3 Å². The highest BCUT2D eigenvalue weighted by Gasteiger charge is 2.40. The highest BCUT2D eigenvalue weighted by atomic mass is 32.1. The van der Waals surface area contributed by atoms with Crippen LogP contribution in [0.2, 0.25) is 0 Å². The molecule has 2 aliphatic heterocycles. The molecule has 0 spiro atoms. The fourth-order valence-electron chi connectivity index (χ4n) is 5.15. The lowest BCUT2D eigenvalue weighted by Crippen LogP contribution is -2.37. The van der Waals surface area contributed by atoms with E-state index in [1.165, 1.54) is 0 Å². The van der Waals surface area contributed by atoms with Gasteiger partial charge in [0, 0.05) is 32.2 Å². The summed E-state index contributed by atoms with van der Waals surface area (Å²) < 4.78 is 47.8. The van der Waals surface area contributed by atoms with E-state index in [4.69, 9.17) is 4.74 Å². The minimum Gasteiger partial charge on any atom is -0.381 e. The number of hydrogen-bond acceptors (Lipinski definition) is 7. The van der Waals surface area contributed by atoms with Crippen molar-refractivity contribution in [2.24, 2.45) is 0 Å². The molecule has 0 bridgehead atoms. The van der Waals surface area contributed by atoms with Gasteiger partial charge in [-0.15, -0.1) is 0 Å². The Morgan fingerprint density at radius 1 is 1.17 bits per heavy atom. The summed E-state index contributed by atoms with van der Waals surface area (Å²) in [5.74, 6) is -1.10. The lowest BCUT2D eigenvalue weighted by atomic mass is 9.93. The zero-order chi connectivity index (χ0) is 25.4. The van der Waals surface area contributed by atoms with Gasteiger partial charge in [0.2, 0.25) is 5.82 Å². The van der Waals surface area contributed by atoms with Crippen LogP contribution >= 0.6 is 11.3 Å². The van der Waals surface area contributed by atoms with Gasteiger partial charge in [0.05, 0.1) is 6.04 Å². The van der Waals surface area contributed by atoms with Gasteiger partial charge in [-0.1, -0.05) is 48.6 Å². The lowest BCUT2D eigenvalue weighted by Gasteiger charge is -2.26. The van der Waals surface area contributed by atoms with Gasteiger partial charge in [-0.3, -0.25) is 14.2 Å². The summed E-state index contributed by atoms with van der Waals surface area (Å²) in [7, 11) is 0. The van der Waals surface area contributed by atoms with Crippen LogP contribution in [0.15, 0.2) is 35.1 Å². The monoisotopic (exact) mass is 520 g/mol. The van der Waals surface area contributed by atoms with Gasteiger partial charge in [0.1, 0.15) is 0 Å². The number of carbonyl (C=O) groups is 1. The summed E-state index contributed by atoms with van der Waals surface area (Å²) >= 11 is 0.944. The number of anilines is 1. The molecule has 4 heterocycles. The molecule has 192 valence electrons. The molecule has 5 rings (SSSR count). The zero-order valence-electron chi connectivity index (χ0n) is 19.8. The van der Waals surface area contributed by atoms with E-state index >= 15 is 0 Å². The Morgan fingerprint density at radius 2 is 1.89 bits per heavy atom. The molecule has 11 heteroatoms. The number of fused-ring (bicyclic) bond motifs is 1. The van der Waals surface area contributed by atoms with Gasteiger partial charge in [0.25, 0.3) is 5.56 Å². The maximum Gasteiger partial charge on any atom is 0.449 e. The molecule has 2 aromatic heterocycles. The predicted molar refractivity (Wildman–Crippen MR) is 131 cm³/mol. The van der Waals surface area contributed by atoms with Gasteiger partial charge >= 0.3 is 6.18 Å². The first-order chi connectivity index (χ1) is 17.2. The summed E-state index contributed by atoms with van der Waals surface area (Å²) in [6.45, 7) is 3.13. The summed E-state index contributed by atoms with van der Waals surface area (Å²) in [5.41, 5.74) is 0.208. The van der Waals surface area contributed by atoms with E-state index in [-0.39, 0.29) is 35.3 Å². The van der Waals surface area contributed by atoms with Crippen molar-refractivity contribution < 1.29 is 22.7 Å². The summed E-state index contributed by atoms with van der Waals surface area (Å²) in [6.07, 6.45) is -2.42. The Morgan fingerprint density at radius 3 is 2.58 bits per heavy atom. The Hall–Kier alpha value is -2.79. The van der Waals surface area contributed by atoms with E-state index in [0.29, 0.717) is 37.4 Å². The van der Waals surface area contributed by atoms with Crippen molar-refractivity contribution in [3.8, 4) is 0 Å². The smallest absolute Gasteiger partial charge is 0.381 e. The van der Waals surface area contributed by atoms with Crippen molar-refractivity contribution >= 4 is 32.6 Å². The molecular formula is C25H27F3N4O3S. The molecule has 0 aliphatic carbocycles. The van der Waals surface area contributed by atoms with Crippen molar-refractivity contribution in [1.29, 1.82) is 0 Å². The van der Waals surface area contributed by atoms with Gasteiger partial charge in [-0.2, -0.15) is 13.2 Å².